The summed E-state index contributed by atoms with van der Waals surface area (Å²) in [5.41, 5.74) is 3.53. The second-order valence-corrected chi connectivity index (χ2v) is 6.78. The molecule has 1 aliphatic rings. The normalized spacial score (nSPS) is 17.4. The maximum Gasteiger partial charge on any atom is 0.416 e. The minimum atomic E-state index is -4.32. The van der Waals surface area contributed by atoms with Crippen LogP contribution in [0, 0.1) is 0 Å². The first-order valence-electron chi connectivity index (χ1n) is 8.45. The van der Waals surface area contributed by atoms with Crippen molar-refractivity contribution in [1.82, 2.24) is 4.90 Å². The van der Waals surface area contributed by atoms with Crippen molar-refractivity contribution in [3.63, 3.8) is 0 Å². The number of hydrogen-bond donors (Lipinski definition) is 0. The third kappa shape index (κ3) is 3.96. The zero-order valence-electron chi connectivity index (χ0n) is 14.5. The molecule has 0 amide bonds. The van der Waals surface area contributed by atoms with E-state index in [9.17, 15) is 13.2 Å². The molecule has 1 nitrogen and oxygen atoms in total. The number of aryl methyl sites for hydroxylation is 2. The highest BCUT2D eigenvalue weighted by molar-refractivity contribution is 5.49. The fourth-order valence-electron chi connectivity index (χ4n) is 3.41. The highest BCUT2D eigenvalue weighted by Gasteiger charge is 2.32. The second-order valence-electron chi connectivity index (χ2n) is 6.78. The van der Waals surface area contributed by atoms with Crippen LogP contribution in [0.2, 0.25) is 0 Å². The Labute approximate surface area is 146 Å². The van der Waals surface area contributed by atoms with E-state index in [2.05, 4.69) is 6.07 Å². The minimum absolute atomic E-state index is 0.143. The Morgan fingerprint density at radius 2 is 1.68 bits per heavy atom. The first-order chi connectivity index (χ1) is 11.9. The van der Waals surface area contributed by atoms with E-state index in [1.807, 2.05) is 49.3 Å². The average molecular weight is 345 g/mol. The van der Waals surface area contributed by atoms with Gasteiger partial charge in [0.05, 0.1) is 5.56 Å². The van der Waals surface area contributed by atoms with Crippen LogP contribution in [0.3, 0.4) is 0 Å². The van der Waals surface area contributed by atoms with Crippen LogP contribution in [0.15, 0.2) is 54.6 Å². The lowest BCUT2D eigenvalue weighted by Crippen LogP contribution is -2.11. The number of benzene rings is 2. The second kappa shape index (κ2) is 7.04. The van der Waals surface area contributed by atoms with Crippen LogP contribution in [-0.4, -0.2) is 25.5 Å². The predicted octanol–water partition coefficient (Wildman–Crippen LogP) is 5.05. The highest BCUT2D eigenvalue weighted by atomic mass is 19.4. The summed E-state index contributed by atoms with van der Waals surface area (Å²) in [5, 5.41) is 0. The van der Waals surface area contributed by atoms with Crippen LogP contribution in [0.5, 0.6) is 0 Å². The number of fused-ring (bicyclic) bond motifs is 2. The summed E-state index contributed by atoms with van der Waals surface area (Å²) < 4.78 is 39.6. The third-order valence-electron chi connectivity index (χ3n) is 4.66. The lowest BCUT2D eigenvalue weighted by Gasteiger charge is -2.19. The molecule has 1 unspecified atom stereocenters. The molecule has 0 saturated heterocycles. The molecule has 0 N–H and O–H groups in total. The van der Waals surface area contributed by atoms with Crippen LogP contribution in [0.1, 0.15) is 33.7 Å². The molecular formula is C21H22F3N. The number of likely N-dealkylation sites (N-methyl/N-ethyl adjacent to an activating group) is 1. The lowest BCUT2D eigenvalue weighted by atomic mass is 9.86. The quantitative estimate of drug-likeness (QED) is 0.703. The van der Waals surface area contributed by atoms with Crippen LogP contribution in [0.25, 0.3) is 0 Å². The van der Waals surface area contributed by atoms with Crippen molar-refractivity contribution >= 4 is 0 Å². The fraction of sp³-hybridized carbons (Fsp3) is 0.333. The standard InChI is InChI=1S/C21H22F3N/c1-25(2)13-5-8-19-18-7-4-3-6-15(18)9-10-16-11-12-17(14-20(16)19)21(22,23)24/h3-8,11-12,14,19H,9-10,13H2,1-2H3/b8-5-. The van der Waals surface area contributed by atoms with E-state index < -0.39 is 11.7 Å². The summed E-state index contributed by atoms with van der Waals surface area (Å²) >= 11 is 0. The molecule has 3 rings (SSSR count). The van der Waals surface area contributed by atoms with E-state index in [1.165, 1.54) is 17.7 Å². The molecule has 0 heterocycles. The molecule has 0 aromatic heterocycles. The summed E-state index contributed by atoms with van der Waals surface area (Å²) in [7, 11) is 3.95. The van der Waals surface area contributed by atoms with Crippen molar-refractivity contribution in [3.8, 4) is 0 Å². The topological polar surface area (TPSA) is 3.24 Å². The minimum Gasteiger partial charge on any atom is -0.306 e. The third-order valence-corrected chi connectivity index (χ3v) is 4.66. The molecule has 25 heavy (non-hydrogen) atoms. The maximum absolute atomic E-state index is 13.2. The Balaban J connectivity index is 2.11. The summed E-state index contributed by atoms with van der Waals surface area (Å²) in [6.45, 7) is 0.757. The van der Waals surface area contributed by atoms with Crippen molar-refractivity contribution in [3.05, 3.63) is 82.4 Å². The molecule has 0 fully saturated rings. The van der Waals surface area contributed by atoms with Gasteiger partial charge in [0, 0.05) is 12.5 Å². The number of hydrogen-bond acceptors (Lipinski definition) is 1. The molecule has 0 radical (unpaired) electrons. The van der Waals surface area contributed by atoms with E-state index in [1.54, 1.807) is 6.07 Å². The number of alkyl halides is 3. The molecule has 4 heteroatoms. The van der Waals surface area contributed by atoms with Gasteiger partial charge in [-0.25, -0.2) is 0 Å². The van der Waals surface area contributed by atoms with E-state index in [0.29, 0.717) is 0 Å². The Bertz CT molecular complexity index is 775. The Kier molecular flexibility index (Phi) is 5.00. The average Bonchev–Trinajstić information content (AvgIpc) is 2.71. The largest absolute Gasteiger partial charge is 0.416 e. The molecule has 2 aromatic carbocycles. The van der Waals surface area contributed by atoms with Gasteiger partial charge in [-0.05, 0) is 61.3 Å². The highest BCUT2D eigenvalue weighted by Crippen LogP contribution is 2.38. The van der Waals surface area contributed by atoms with Gasteiger partial charge in [0.25, 0.3) is 0 Å². The van der Waals surface area contributed by atoms with Crippen molar-refractivity contribution < 1.29 is 13.2 Å². The van der Waals surface area contributed by atoms with Gasteiger partial charge in [-0.15, -0.1) is 0 Å². The van der Waals surface area contributed by atoms with E-state index in [4.69, 9.17) is 0 Å². The Hall–Kier alpha value is -2.07. The molecule has 0 spiro atoms. The number of halogens is 3. The van der Waals surface area contributed by atoms with Crippen LogP contribution < -0.4 is 0 Å². The van der Waals surface area contributed by atoms with Crippen molar-refractivity contribution in [1.29, 1.82) is 0 Å². The molecule has 2 aromatic rings. The molecule has 132 valence electrons. The van der Waals surface area contributed by atoms with E-state index >= 15 is 0 Å². The Morgan fingerprint density at radius 3 is 2.36 bits per heavy atom. The van der Waals surface area contributed by atoms with Gasteiger partial charge < -0.3 is 4.90 Å². The molecule has 1 aliphatic carbocycles. The summed E-state index contributed by atoms with van der Waals surface area (Å²) in [6, 6.07) is 12.3. The van der Waals surface area contributed by atoms with Crippen LogP contribution in [-0.2, 0) is 19.0 Å². The number of nitrogens with zero attached hydrogens (tertiary/aromatic N) is 1. The first kappa shape index (κ1) is 17.7. The zero-order chi connectivity index (χ0) is 18.0. The monoisotopic (exact) mass is 345 g/mol. The number of rotatable bonds is 3. The molecule has 1 atom stereocenters. The predicted molar refractivity (Wildman–Crippen MR) is 94.8 cm³/mol. The van der Waals surface area contributed by atoms with Gasteiger partial charge in [0.15, 0.2) is 0 Å². The molecule has 0 bridgehead atoms. The molecule has 0 saturated carbocycles. The molecular weight excluding hydrogens is 323 g/mol. The maximum atomic E-state index is 13.2. The Morgan fingerprint density at radius 1 is 1.00 bits per heavy atom. The summed E-state index contributed by atoms with van der Waals surface area (Å²) in [5.74, 6) is -0.143. The summed E-state index contributed by atoms with van der Waals surface area (Å²) in [4.78, 5) is 2.03. The van der Waals surface area contributed by atoms with E-state index in [0.717, 1.165) is 36.1 Å². The van der Waals surface area contributed by atoms with Gasteiger partial charge in [-0.2, -0.15) is 13.2 Å². The fourth-order valence-corrected chi connectivity index (χ4v) is 3.41. The SMILES string of the molecule is CN(C)C/C=C\C1c2ccccc2CCc2ccc(C(F)(F)F)cc21. The van der Waals surface area contributed by atoms with Crippen LogP contribution in [0.4, 0.5) is 13.2 Å². The smallest absolute Gasteiger partial charge is 0.306 e. The van der Waals surface area contributed by atoms with Crippen molar-refractivity contribution in [2.75, 3.05) is 20.6 Å². The van der Waals surface area contributed by atoms with Gasteiger partial charge in [-0.3, -0.25) is 0 Å². The summed E-state index contributed by atoms with van der Waals surface area (Å²) in [6.07, 6.45) is 1.38. The zero-order valence-corrected chi connectivity index (χ0v) is 14.5. The lowest BCUT2D eigenvalue weighted by molar-refractivity contribution is -0.137. The molecule has 0 aliphatic heterocycles. The van der Waals surface area contributed by atoms with Crippen molar-refractivity contribution in [2.24, 2.45) is 0 Å². The first-order valence-corrected chi connectivity index (χ1v) is 8.45. The number of allylic oxidation sites excluding steroid dienone is 1. The van der Waals surface area contributed by atoms with Gasteiger partial charge in [-0.1, -0.05) is 42.5 Å². The van der Waals surface area contributed by atoms with Crippen molar-refractivity contribution in [2.45, 2.75) is 24.9 Å². The van der Waals surface area contributed by atoms with E-state index in [-0.39, 0.29) is 5.92 Å². The van der Waals surface area contributed by atoms with Gasteiger partial charge in [0.2, 0.25) is 0 Å². The van der Waals surface area contributed by atoms with Gasteiger partial charge >= 0.3 is 6.18 Å². The van der Waals surface area contributed by atoms with Gasteiger partial charge in [0.1, 0.15) is 0 Å². The van der Waals surface area contributed by atoms with Crippen LogP contribution >= 0.6 is 0 Å².